The van der Waals surface area contributed by atoms with Crippen molar-refractivity contribution in [2.24, 2.45) is 4.88 Å². The molecule has 0 aliphatic heterocycles. The van der Waals surface area contributed by atoms with Crippen LogP contribution in [0.5, 0.6) is 0 Å². The van der Waals surface area contributed by atoms with Gasteiger partial charge in [0.15, 0.2) is 0 Å². The summed E-state index contributed by atoms with van der Waals surface area (Å²) in [7, 11) is -2.55. The summed E-state index contributed by atoms with van der Waals surface area (Å²) in [6, 6.07) is 0. The molecule has 1 N–H and O–H groups in total. The number of nitrogens with zero attached hydrogens (tertiary/aromatic N) is 1. The van der Waals surface area contributed by atoms with Crippen molar-refractivity contribution in [1.82, 2.24) is 0 Å². The van der Waals surface area contributed by atoms with Gasteiger partial charge in [-0.2, -0.15) is 0 Å². The first-order chi connectivity index (χ1) is 4.45. The third kappa shape index (κ3) is 1.66. The highest BCUT2D eigenvalue weighted by atomic mass is 31.2. The highest BCUT2D eigenvalue weighted by Gasteiger charge is 2.29. The highest BCUT2D eigenvalue weighted by molar-refractivity contribution is 7.63. The van der Waals surface area contributed by atoms with Crippen molar-refractivity contribution < 1.29 is 4.57 Å². The van der Waals surface area contributed by atoms with E-state index in [1.54, 1.807) is 0 Å². The van der Waals surface area contributed by atoms with Gasteiger partial charge >= 0.3 is 0 Å². The monoisotopic (exact) mass is 162 g/mol. The van der Waals surface area contributed by atoms with Crippen molar-refractivity contribution in [3.8, 4) is 0 Å². The van der Waals surface area contributed by atoms with Crippen molar-refractivity contribution in [3.05, 3.63) is 0 Å². The van der Waals surface area contributed by atoms with Gasteiger partial charge in [0.2, 0.25) is 7.29 Å². The van der Waals surface area contributed by atoms with Gasteiger partial charge in [0.05, 0.1) is 0 Å². The minimum absolute atomic E-state index is 0.00463. The van der Waals surface area contributed by atoms with Crippen LogP contribution >= 0.6 is 7.29 Å². The van der Waals surface area contributed by atoms with Crippen LogP contribution in [0.4, 0.5) is 0 Å². The zero-order valence-corrected chi connectivity index (χ0v) is 7.85. The quantitative estimate of drug-likeness (QED) is 0.503. The van der Waals surface area contributed by atoms with Gasteiger partial charge in [0, 0.05) is 11.3 Å². The molecule has 0 spiro atoms. The molecule has 0 amide bonds. The molecule has 0 aromatic carbocycles. The molecule has 0 saturated heterocycles. The maximum absolute atomic E-state index is 11.6. The second kappa shape index (κ2) is 3.29. The summed E-state index contributed by atoms with van der Waals surface area (Å²) in [5.74, 6) is 0. The molecular weight excluding hydrogens is 147 g/mol. The molecule has 10 heavy (non-hydrogen) atoms. The summed E-state index contributed by atoms with van der Waals surface area (Å²) < 4.78 is 11.6. The molecule has 0 aromatic rings. The van der Waals surface area contributed by atoms with E-state index in [2.05, 4.69) is 4.88 Å². The van der Waals surface area contributed by atoms with Crippen molar-refractivity contribution >= 4 is 7.29 Å². The molecule has 0 aliphatic rings. The van der Waals surface area contributed by atoms with Crippen LogP contribution in [0.3, 0.4) is 0 Å². The standard InChI is InChI=1S/C6H15N2OP/c1-5(2)10(9,8-7)6(3)4/h5-7H,1-4H3. The Morgan fingerprint density at radius 3 is 1.50 bits per heavy atom. The van der Waals surface area contributed by atoms with Crippen LogP contribution in [0.2, 0.25) is 0 Å². The van der Waals surface area contributed by atoms with Gasteiger partial charge in [-0.05, 0) is 0 Å². The minimum Gasteiger partial charge on any atom is -0.296 e. The fourth-order valence-electron chi connectivity index (χ4n) is 0.827. The lowest BCUT2D eigenvalue weighted by molar-refractivity contribution is 0.559. The molecule has 0 atom stereocenters. The van der Waals surface area contributed by atoms with Gasteiger partial charge in [-0.25, -0.2) is 5.53 Å². The Labute approximate surface area is 62.1 Å². The summed E-state index contributed by atoms with van der Waals surface area (Å²) in [6.07, 6.45) is 0. The molecular formula is C6H15N2OP. The SMILES string of the molecule is CC(C)P(=O)(N=N)C(C)C. The summed E-state index contributed by atoms with van der Waals surface area (Å²) in [5, 5.41) is 0. The van der Waals surface area contributed by atoms with E-state index in [4.69, 9.17) is 5.53 Å². The summed E-state index contributed by atoms with van der Waals surface area (Å²) in [4.78, 5) is 3.22. The van der Waals surface area contributed by atoms with E-state index in [9.17, 15) is 4.57 Å². The average molecular weight is 162 g/mol. The molecule has 0 unspecified atom stereocenters. The fraction of sp³-hybridized carbons (Fsp3) is 1.00. The topological polar surface area (TPSA) is 53.3 Å². The second-order valence-electron chi connectivity index (χ2n) is 2.96. The van der Waals surface area contributed by atoms with Crippen molar-refractivity contribution in [2.75, 3.05) is 0 Å². The predicted molar refractivity (Wildman–Crippen MR) is 43.0 cm³/mol. The molecule has 0 bridgehead atoms. The van der Waals surface area contributed by atoms with Gasteiger partial charge in [0.1, 0.15) is 0 Å². The number of nitrogens with one attached hydrogen (secondary N) is 1. The van der Waals surface area contributed by atoms with Crippen LogP contribution in [-0.2, 0) is 4.57 Å². The molecule has 0 saturated carbocycles. The lowest BCUT2D eigenvalue weighted by Crippen LogP contribution is -2.05. The van der Waals surface area contributed by atoms with Crippen LogP contribution in [0.25, 0.3) is 0 Å². The number of hydrogen-bond donors (Lipinski definition) is 1. The Morgan fingerprint density at radius 2 is 1.50 bits per heavy atom. The molecule has 0 aromatic heterocycles. The fourth-order valence-corrected chi connectivity index (χ4v) is 2.48. The van der Waals surface area contributed by atoms with E-state index in [0.717, 1.165) is 0 Å². The first kappa shape index (κ1) is 9.83. The molecule has 3 nitrogen and oxygen atoms in total. The van der Waals surface area contributed by atoms with Crippen LogP contribution in [0, 0.1) is 5.53 Å². The highest BCUT2D eigenvalue weighted by Crippen LogP contribution is 2.55. The predicted octanol–water partition coefficient (Wildman–Crippen LogP) is 3.11. The van der Waals surface area contributed by atoms with E-state index in [0.29, 0.717) is 0 Å². The van der Waals surface area contributed by atoms with Crippen LogP contribution in [0.15, 0.2) is 4.88 Å². The average Bonchev–Trinajstić information content (AvgIpc) is 1.85. The van der Waals surface area contributed by atoms with Crippen LogP contribution in [0.1, 0.15) is 27.7 Å². The first-order valence-corrected chi connectivity index (χ1v) is 5.23. The van der Waals surface area contributed by atoms with Gasteiger partial charge in [-0.15, -0.1) is 4.88 Å². The van der Waals surface area contributed by atoms with Gasteiger partial charge < -0.3 is 0 Å². The summed E-state index contributed by atoms with van der Waals surface area (Å²) >= 11 is 0. The Balaban J connectivity index is 4.57. The van der Waals surface area contributed by atoms with Crippen LogP contribution in [-0.4, -0.2) is 11.3 Å². The Hall–Kier alpha value is -0.170. The van der Waals surface area contributed by atoms with Gasteiger partial charge in [-0.1, -0.05) is 27.7 Å². The minimum atomic E-state index is -2.55. The Bertz CT molecular complexity index is 153. The van der Waals surface area contributed by atoms with Crippen molar-refractivity contribution in [3.63, 3.8) is 0 Å². The van der Waals surface area contributed by atoms with E-state index in [1.807, 2.05) is 27.7 Å². The Kier molecular flexibility index (Phi) is 3.23. The van der Waals surface area contributed by atoms with E-state index in [-0.39, 0.29) is 11.3 Å². The van der Waals surface area contributed by atoms with Gasteiger partial charge in [0.25, 0.3) is 0 Å². The zero-order valence-electron chi connectivity index (χ0n) is 6.96. The lowest BCUT2D eigenvalue weighted by atomic mass is 10.5. The third-order valence-electron chi connectivity index (χ3n) is 1.64. The largest absolute Gasteiger partial charge is 0.296 e. The summed E-state index contributed by atoms with van der Waals surface area (Å²) in [5.41, 5.74) is 6.79. The van der Waals surface area contributed by atoms with Crippen molar-refractivity contribution in [1.29, 1.82) is 5.53 Å². The van der Waals surface area contributed by atoms with E-state index in [1.165, 1.54) is 0 Å². The molecule has 0 rings (SSSR count). The van der Waals surface area contributed by atoms with Crippen molar-refractivity contribution in [2.45, 2.75) is 39.0 Å². The van der Waals surface area contributed by atoms with Gasteiger partial charge in [-0.3, -0.25) is 4.57 Å². The number of hydrogen-bond acceptors (Lipinski definition) is 2. The molecule has 60 valence electrons. The summed E-state index contributed by atoms with van der Waals surface area (Å²) in [6.45, 7) is 7.38. The molecule has 0 heterocycles. The number of rotatable bonds is 3. The zero-order chi connectivity index (χ0) is 8.36. The molecule has 4 heteroatoms. The van der Waals surface area contributed by atoms with E-state index < -0.39 is 7.29 Å². The molecule has 0 radical (unpaired) electrons. The normalized spacial score (nSPS) is 12.6. The Morgan fingerprint density at radius 1 is 1.20 bits per heavy atom. The maximum atomic E-state index is 11.6. The molecule has 0 aliphatic carbocycles. The van der Waals surface area contributed by atoms with E-state index >= 15 is 0 Å². The maximum Gasteiger partial charge on any atom is 0.214 e. The van der Waals surface area contributed by atoms with Crippen LogP contribution < -0.4 is 0 Å². The lowest BCUT2D eigenvalue weighted by Gasteiger charge is -2.18. The molecule has 0 fully saturated rings. The third-order valence-corrected chi connectivity index (χ3v) is 4.91. The second-order valence-corrected chi connectivity index (χ2v) is 6.57. The first-order valence-electron chi connectivity index (χ1n) is 3.43. The smallest absolute Gasteiger partial charge is 0.214 e.